The lowest BCUT2D eigenvalue weighted by Gasteiger charge is -2.06. The first-order valence-electron chi connectivity index (χ1n) is 10.9. The van der Waals surface area contributed by atoms with Gasteiger partial charge in [-0.2, -0.15) is 31.4 Å². The van der Waals surface area contributed by atoms with Gasteiger partial charge in [-0.05, 0) is 22.8 Å². The van der Waals surface area contributed by atoms with Gasteiger partial charge >= 0.3 is 24.3 Å². The Kier molecular flexibility index (Phi) is 10.4. The average Bonchev–Trinajstić information content (AvgIpc) is 3.57. The summed E-state index contributed by atoms with van der Waals surface area (Å²) in [6.07, 6.45) is -4.81. The molecule has 0 radical (unpaired) electrons. The number of hydrogen-bond acceptors (Lipinski definition) is 5. The lowest BCUT2D eigenvalue weighted by atomic mass is 10.1. The van der Waals surface area contributed by atoms with Crippen LogP contribution >= 0.6 is 0 Å². The molecule has 0 saturated heterocycles. The van der Waals surface area contributed by atoms with Gasteiger partial charge < -0.3 is 26.2 Å². The number of alkyl halides is 6. The number of halogens is 6. The van der Waals surface area contributed by atoms with E-state index in [1.165, 1.54) is 0 Å². The van der Waals surface area contributed by atoms with E-state index in [1.807, 2.05) is 48.7 Å². The lowest BCUT2D eigenvalue weighted by Crippen LogP contribution is -2.22. The zero-order valence-corrected chi connectivity index (χ0v) is 20.1. The fourth-order valence-electron chi connectivity index (χ4n) is 3.05. The molecule has 1 amide bonds. The fraction of sp³-hybridized carbons (Fsp3) is 0.167. The van der Waals surface area contributed by atoms with Gasteiger partial charge in [-0.1, -0.05) is 36.4 Å². The number of fused-ring (bicyclic) bond motifs is 1. The van der Waals surface area contributed by atoms with Gasteiger partial charge in [-0.15, -0.1) is 0 Å². The van der Waals surface area contributed by atoms with Crippen molar-refractivity contribution in [1.82, 2.24) is 20.5 Å². The van der Waals surface area contributed by atoms with Crippen molar-refractivity contribution in [2.75, 3.05) is 0 Å². The minimum Gasteiger partial charge on any atom is -0.475 e. The third kappa shape index (κ3) is 9.16. The van der Waals surface area contributed by atoms with E-state index in [1.54, 1.807) is 12.4 Å². The van der Waals surface area contributed by atoms with Crippen LogP contribution in [0.2, 0.25) is 0 Å². The Hall–Kier alpha value is -4.86. The number of aromatic nitrogens is 3. The number of benzene rings is 2. The van der Waals surface area contributed by atoms with Gasteiger partial charge in [-0.3, -0.25) is 9.89 Å². The summed E-state index contributed by atoms with van der Waals surface area (Å²) in [6, 6.07) is 13.9. The quantitative estimate of drug-likeness (QED) is 0.194. The van der Waals surface area contributed by atoms with Crippen molar-refractivity contribution in [3.8, 4) is 11.1 Å². The second-order valence-corrected chi connectivity index (χ2v) is 7.76. The first-order chi connectivity index (χ1) is 18.6. The monoisotopic (exact) mass is 573 g/mol. The molecule has 4 aromatic rings. The highest BCUT2D eigenvalue weighted by Crippen LogP contribution is 2.25. The molecular weight excluding hydrogens is 552 g/mol. The number of nitrogens with two attached hydrogens (primary N) is 1. The highest BCUT2D eigenvalue weighted by Gasteiger charge is 2.38. The molecule has 2 aromatic carbocycles. The van der Waals surface area contributed by atoms with Gasteiger partial charge in [-0.25, -0.2) is 9.59 Å². The molecule has 0 spiro atoms. The normalized spacial score (nSPS) is 11.1. The SMILES string of the molecule is NCc1cccc(CNC(=O)c2c[nH]c3cc(-c4cn[nH]c4)ccc23)c1.O=C(O)C(F)(F)F.O=C(O)C(F)(F)F. The van der Waals surface area contributed by atoms with Crippen LogP contribution < -0.4 is 11.1 Å². The van der Waals surface area contributed by atoms with Crippen LogP contribution in [0, 0.1) is 0 Å². The van der Waals surface area contributed by atoms with Gasteiger partial charge in [0.15, 0.2) is 0 Å². The molecule has 214 valence electrons. The van der Waals surface area contributed by atoms with E-state index in [-0.39, 0.29) is 5.91 Å². The molecule has 10 nitrogen and oxygen atoms in total. The van der Waals surface area contributed by atoms with Crippen LogP contribution in [0.1, 0.15) is 21.5 Å². The molecule has 0 aliphatic carbocycles. The Morgan fingerprint density at radius 2 is 1.48 bits per heavy atom. The number of amides is 1. The minimum atomic E-state index is -5.08. The van der Waals surface area contributed by atoms with Crippen LogP contribution in [0.4, 0.5) is 26.3 Å². The van der Waals surface area contributed by atoms with E-state index in [0.717, 1.165) is 33.2 Å². The molecule has 0 fully saturated rings. The molecule has 0 aliphatic rings. The second kappa shape index (κ2) is 13.3. The summed E-state index contributed by atoms with van der Waals surface area (Å²) in [5, 5.41) is 24.9. The highest BCUT2D eigenvalue weighted by molar-refractivity contribution is 6.07. The Morgan fingerprint density at radius 1 is 0.875 bits per heavy atom. The van der Waals surface area contributed by atoms with Gasteiger partial charge in [0.1, 0.15) is 0 Å². The number of H-pyrrole nitrogens is 2. The van der Waals surface area contributed by atoms with Gasteiger partial charge in [0.2, 0.25) is 0 Å². The molecule has 0 aliphatic heterocycles. The maximum atomic E-state index is 12.6. The molecule has 40 heavy (non-hydrogen) atoms. The van der Waals surface area contributed by atoms with Crippen molar-refractivity contribution < 1.29 is 50.9 Å². The Labute approximate surface area is 220 Å². The van der Waals surface area contributed by atoms with Crippen molar-refractivity contribution in [2.45, 2.75) is 25.4 Å². The third-order valence-electron chi connectivity index (χ3n) is 4.92. The Balaban J connectivity index is 0.000000333. The maximum absolute atomic E-state index is 12.6. The summed E-state index contributed by atoms with van der Waals surface area (Å²) < 4.78 is 63.5. The Morgan fingerprint density at radius 3 is 2.00 bits per heavy atom. The molecular formula is C24H21F6N5O5. The van der Waals surface area contributed by atoms with Crippen LogP contribution in [-0.2, 0) is 22.7 Å². The first kappa shape index (κ1) is 31.4. The van der Waals surface area contributed by atoms with E-state index in [9.17, 15) is 31.1 Å². The summed E-state index contributed by atoms with van der Waals surface area (Å²) >= 11 is 0. The van der Waals surface area contributed by atoms with Gasteiger partial charge in [0.05, 0.1) is 11.8 Å². The number of aromatic amines is 2. The molecule has 0 saturated carbocycles. The van der Waals surface area contributed by atoms with Crippen molar-refractivity contribution in [1.29, 1.82) is 0 Å². The average molecular weight is 573 g/mol. The topological polar surface area (TPSA) is 174 Å². The van der Waals surface area contributed by atoms with E-state index < -0.39 is 24.3 Å². The standard InChI is InChI=1S/C20H19N5O.2C2HF3O2/c21-8-13-2-1-3-14(6-13)9-23-20(26)18-12-22-19-7-15(4-5-17(18)19)16-10-24-25-11-16;2*3-2(4,5)1(6)7/h1-7,10-12,22H,8-9,21H2,(H,23,26)(H,24,25);2*(H,6,7). The summed E-state index contributed by atoms with van der Waals surface area (Å²) in [5.74, 6) is -5.62. The number of carboxylic acids is 2. The zero-order chi connectivity index (χ0) is 30.1. The number of hydrogen-bond donors (Lipinski definition) is 6. The number of carboxylic acid groups (broad SMARTS) is 2. The van der Waals surface area contributed by atoms with Crippen molar-refractivity contribution in [3.63, 3.8) is 0 Å². The number of aliphatic carboxylic acids is 2. The molecule has 4 rings (SSSR count). The van der Waals surface area contributed by atoms with E-state index in [0.29, 0.717) is 18.7 Å². The van der Waals surface area contributed by atoms with Crippen molar-refractivity contribution in [2.24, 2.45) is 5.73 Å². The number of nitrogens with zero attached hydrogens (tertiary/aromatic N) is 1. The number of nitrogens with one attached hydrogen (secondary N) is 3. The summed E-state index contributed by atoms with van der Waals surface area (Å²) in [7, 11) is 0. The third-order valence-corrected chi connectivity index (χ3v) is 4.92. The largest absolute Gasteiger partial charge is 0.490 e. The van der Waals surface area contributed by atoms with Gasteiger partial charge in [0, 0.05) is 41.9 Å². The predicted molar refractivity (Wildman–Crippen MR) is 129 cm³/mol. The van der Waals surface area contributed by atoms with Crippen LogP contribution in [0.5, 0.6) is 0 Å². The van der Waals surface area contributed by atoms with E-state index in [2.05, 4.69) is 20.5 Å². The maximum Gasteiger partial charge on any atom is 0.490 e. The van der Waals surface area contributed by atoms with Crippen LogP contribution in [0.15, 0.2) is 61.1 Å². The minimum absolute atomic E-state index is 0.106. The molecule has 0 unspecified atom stereocenters. The van der Waals surface area contributed by atoms with Crippen molar-refractivity contribution in [3.05, 3.63) is 77.7 Å². The Bertz CT molecular complexity index is 1420. The lowest BCUT2D eigenvalue weighted by molar-refractivity contribution is -0.193. The first-order valence-corrected chi connectivity index (χ1v) is 10.9. The molecule has 2 heterocycles. The molecule has 16 heteroatoms. The van der Waals surface area contributed by atoms with Crippen LogP contribution in [0.25, 0.3) is 22.0 Å². The van der Waals surface area contributed by atoms with Crippen LogP contribution in [0.3, 0.4) is 0 Å². The number of carbonyl (C=O) groups excluding carboxylic acids is 1. The molecule has 0 bridgehead atoms. The number of rotatable bonds is 5. The summed E-state index contributed by atoms with van der Waals surface area (Å²) in [5.41, 5.74) is 11.3. The number of carbonyl (C=O) groups is 3. The van der Waals surface area contributed by atoms with E-state index in [4.69, 9.17) is 25.5 Å². The summed E-state index contributed by atoms with van der Waals surface area (Å²) in [4.78, 5) is 33.6. The van der Waals surface area contributed by atoms with Crippen molar-refractivity contribution >= 4 is 28.7 Å². The second-order valence-electron chi connectivity index (χ2n) is 7.76. The molecule has 2 aromatic heterocycles. The van der Waals surface area contributed by atoms with E-state index >= 15 is 0 Å². The summed E-state index contributed by atoms with van der Waals surface area (Å²) in [6.45, 7) is 0.954. The smallest absolute Gasteiger partial charge is 0.475 e. The zero-order valence-electron chi connectivity index (χ0n) is 20.1. The molecule has 0 atom stereocenters. The highest BCUT2D eigenvalue weighted by atomic mass is 19.4. The predicted octanol–water partition coefficient (Wildman–Crippen LogP) is 4.21. The van der Waals surface area contributed by atoms with Crippen LogP contribution in [-0.4, -0.2) is 55.6 Å². The molecule has 7 N–H and O–H groups in total. The fourth-order valence-corrected chi connectivity index (χ4v) is 3.05. The van der Waals surface area contributed by atoms with Gasteiger partial charge in [0.25, 0.3) is 5.91 Å².